The molecule has 0 bridgehead atoms. The lowest BCUT2D eigenvalue weighted by Crippen LogP contribution is -2.22. The summed E-state index contributed by atoms with van der Waals surface area (Å²) in [5, 5.41) is 9.11. The second-order valence-corrected chi connectivity index (χ2v) is 7.78. The van der Waals surface area contributed by atoms with Crippen LogP contribution in [0.1, 0.15) is 25.7 Å². The van der Waals surface area contributed by atoms with Crippen molar-refractivity contribution in [3.8, 4) is 16.9 Å². The Balaban J connectivity index is 1.93. The summed E-state index contributed by atoms with van der Waals surface area (Å²) in [6, 6.07) is 10.1. The number of fused-ring (bicyclic) bond motifs is 1. The van der Waals surface area contributed by atoms with Gasteiger partial charge in [-0.15, -0.1) is 0 Å². The first kappa shape index (κ1) is 20.9. The summed E-state index contributed by atoms with van der Waals surface area (Å²) in [5.74, 6) is -0.786. The minimum Gasteiger partial charge on any atom is -0.497 e. The smallest absolute Gasteiger partial charge is 0.303 e. The van der Waals surface area contributed by atoms with Crippen LogP contribution >= 0.6 is 0 Å². The third-order valence-electron chi connectivity index (χ3n) is 5.79. The van der Waals surface area contributed by atoms with Crippen LogP contribution < -0.4 is 15.1 Å². The van der Waals surface area contributed by atoms with Crippen molar-refractivity contribution in [2.24, 2.45) is 0 Å². The second kappa shape index (κ2) is 8.79. The summed E-state index contributed by atoms with van der Waals surface area (Å²) in [6.07, 6.45) is 4.20. The van der Waals surface area contributed by atoms with Gasteiger partial charge in [-0.25, -0.2) is 4.39 Å². The number of pyridine rings is 1. The maximum atomic E-state index is 15.0. The molecule has 0 atom stereocenters. The Bertz CT molecular complexity index is 1160. The third-order valence-corrected chi connectivity index (χ3v) is 5.79. The number of rotatable bonds is 7. The van der Waals surface area contributed by atoms with Crippen LogP contribution in [0.2, 0.25) is 0 Å². The molecule has 0 radical (unpaired) electrons. The first-order valence-electron chi connectivity index (χ1n) is 10.5. The molecule has 2 heterocycles. The van der Waals surface area contributed by atoms with Gasteiger partial charge in [-0.2, -0.15) is 0 Å². The summed E-state index contributed by atoms with van der Waals surface area (Å²) in [5.41, 5.74) is 2.03. The molecule has 0 spiro atoms. The van der Waals surface area contributed by atoms with Gasteiger partial charge >= 0.3 is 5.97 Å². The Kier molecular flexibility index (Phi) is 5.93. The Morgan fingerprint density at radius 3 is 2.48 bits per heavy atom. The number of hydrogen-bond acceptors (Lipinski definition) is 4. The second-order valence-electron chi connectivity index (χ2n) is 7.78. The van der Waals surface area contributed by atoms with Crippen LogP contribution in [0.4, 0.5) is 10.1 Å². The number of aromatic nitrogens is 1. The summed E-state index contributed by atoms with van der Waals surface area (Å²) in [7, 11) is 1.57. The number of anilines is 1. The fourth-order valence-corrected chi connectivity index (χ4v) is 4.24. The normalized spacial score (nSPS) is 13.7. The van der Waals surface area contributed by atoms with Gasteiger partial charge in [-0.1, -0.05) is 12.1 Å². The molecule has 0 unspecified atom stereocenters. The molecule has 4 rings (SSSR count). The van der Waals surface area contributed by atoms with E-state index in [0.717, 1.165) is 31.6 Å². The van der Waals surface area contributed by atoms with Gasteiger partial charge in [0.05, 0.1) is 23.7 Å². The number of halogens is 1. The average Bonchev–Trinajstić information content (AvgIpc) is 3.30. The zero-order valence-corrected chi connectivity index (χ0v) is 17.4. The molecule has 7 heteroatoms. The van der Waals surface area contributed by atoms with Crippen molar-refractivity contribution in [1.29, 1.82) is 0 Å². The van der Waals surface area contributed by atoms with Gasteiger partial charge in [0, 0.05) is 37.8 Å². The van der Waals surface area contributed by atoms with Gasteiger partial charge in [0.25, 0.3) is 0 Å². The standard InChI is InChI=1S/C24H25FN2O4/c1-31-17-8-6-16(7-9-17)18-15-27(14-4-5-21(28)29)23-20(26-12-2-3-13-26)11-10-19(25)22(23)24(18)30/h6-11,15H,2-5,12-14H2,1H3,(H,28,29). The molecule has 1 aliphatic rings. The maximum absolute atomic E-state index is 15.0. The summed E-state index contributed by atoms with van der Waals surface area (Å²) < 4.78 is 22.0. The van der Waals surface area contributed by atoms with Crippen molar-refractivity contribution < 1.29 is 19.0 Å². The maximum Gasteiger partial charge on any atom is 0.303 e. The van der Waals surface area contributed by atoms with E-state index in [1.54, 1.807) is 43.6 Å². The highest BCUT2D eigenvalue weighted by Gasteiger charge is 2.22. The lowest BCUT2D eigenvalue weighted by atomic mass is 10.0. The number of ether oxygens (including phenoxy) is 1. The molecule has 1 aromatic heterocycles. The molecular weight excluding hydrogens is 399 g/mol. The monoisotopic (exact) mass is 424 g/mol. The highest BCUT2D eigenvalue weighted by molar-refractivity contribution is 5.94. The van der Waals surface area contributed by atoms with Gasteiger partial charge in [0.1, 0.15) is 11.6 Å². The van der Waals surface area contributed by atoms with Crippen LogP contribution in [0, 0.1) is 5.82 Å². The molecule has 3 aromatic rings. The zero-order valence-electron chi connectivity index (χ0n) is 17.4. The van der Waals surface area contributed by atoms with Crippen molar-refractivity contribution >= 4 is 22.6 Å². The first-order chi connectivity index (χ1) is 15.0. The van der Waals surface area contributed by atoms with Crippen molar-refractivity contribution in [2.75, 3.05) is 25.1 Å². The van der Waals surface area contributed by atoms with E-state index < -0.39 is 11.8 Å². The molecule has 6 nitrogen and oxygen atoms in total. The lowest BCUT2D eigenvalue weighted by Gasteiger charge is -2.23. The molecule has 31 heavy (non-hydrogen) atoms. The molecule has 1 saturated heterocycles. The molecule has 2 aromatic carbocycles. The highest BCUT2D eigenvalue weighted by Crippen LogP contribution is 2.32. The van der Waals surface area contributed by atoms with E-state index in [0.29, 0.717) is 35.4 Å². The SMILES string of the molecule is COc1ccc(-c2cn(CCCC(=O)O)c3c(N4CCCC4)ccc(F)c3c2=O)cc1. The number of aliphatic carboxylic acids is 1. The predicted molar refractivity (Wildman–Crippen MR) is 118 cm³/mol. The Morgan fingerprint density at radius 1 is 1.13 bits per heavy atom. The predicted octanol–water partition coefficient (Wildman–Crippen LogP) is 4.28. The summed E-state index contributed by atoms with van der Waals surface area (Å²) >= 11 is 0. The molecule has 0 amide bonds. The largest absolute Gasteiger partial charge is 0.497 e. The fourth-order valence-electron chi connectivity index (χ4n) is 4.24. The van der Waals surface area contributed by atoms with Crippen molar-refractivity contribution in [2.45, 2.75) is 32.2 Å². The van der Waals surface area contributed by atoms with Gasteiger partial charge in [0.15, 0.2) is 5.43 Å². The number of carbonyl (C=O) groups is 1. The lowest BCUT2D eigenvalue weighted by molar-refractivity contribution is -0.137. The van der Waals surface area contributed by atoms with Gasteiger partial charge < -0.3 is 19.3 Å². The Morgan fingerprint density at radius 2 is 1.84 bits per heavy atom. The highest BCUT2D eigenvalue weighted by atomic mass is 19.1. The van der Waals surface area contributed by atoms with Crippen molar-refractivity contribution in [1.82, 2.24) is 4.57 Å². The summed E-state index contributed by atoms with van der Waals surface area (Å²) in [6.45, 7) is 2.07. The number of aryl methyl sites for hydroxylation is 1. The van der Waals surface area contributed by atoms with E-state index in [1.807, 2.05) is 4.57 Å². The van der Waals surface area contributed by atoms with E-state index in [1.165, 1.54) is 6.07 Å². The number of carboxylic acids is 1. The molecule has 1 aliphatic heterocycles. The third kappa shape index (κ3) is 4.13. The van der Waals surface area contributed by atoms with Crippen LogP contribution in [0.25, 0.3) is 22.0 Å². The van der Waals surface area contributed by atoms with E-state index in [2.05, 4.69) is 4.90 Å². The number of hydrogen-bond donors (Lipinski definition) is 1. The first-order valence-corrected chi connectivity index (χ1v) is 10.5. The molecule has 1 fully saturated rings. The van der Waals surface area contributed by atoms with Crippen molar-refractivity contribution in [3.05, 3.63) is 58.6 Å². The number of carboxylic acid groups (broad SMARTS) is 1. The number of benzene rings is 2. The quantitative estimate of drug-likeness (QED) is 0.613. The minimum absolute atomic E-state index is 0.000147. The van der Waals surface area contributed by atoms with E-state index in [4.69, 9.17) is 9.84 Å². The molecule has 1 N–H and O–H groups in total. The minimum atomic E-state index is -0.883. The zero-order chi connectivity index (χ0) is 22.0. The van der Waals surface area contributed by atoms with Crippen LogP contribution in [0.5, 0.6) is 5.75 Å². The number of methoxy groups -OCH3 is 1. The fraction of sp³-hybridized carbons (Fsp3) is 0.333. The number of nitrogens with zero attached hydrogens (tertiary/aromatic N) is 2. The van der Waals surface area contributed by atoms with Crippen LogP contribution in [0.15, 0.2) is 47.4 Å². The van der Waals surface area contributed by atoms with Gasteiger partial charge in [-0.3, -0.25) is 9.59 Å². The Hall–Kier alpha value is -3.35. The molecule has 0 aliphatic carbocycles. The molecule has 0 saturated carbocycles. The van der Waals surface area contributed by atoms with E-state index >= 15 is 4.39 Å². The Labute approximate surface area is 179 Å². The van der Waals surface area contributed by atoms with Crippen LogP contribution in [-0.4, -0.2) is 35.8 Å². The van der Waals surface area contributed by atoms with Crippen molar-refractivity contribution in [3.63, 3.8) is 0 Å². The van der Waals surface area contributed by atoms with Gasteiger partial charge in [0.2, 0.25) is 0 Å². The van der Waals surface area contributed by atoms with E-state index in [9.17, 15) is 9.59 Å². The van der Waals surface area contributed by atoms with Crippen LogP contribution in [0.3, 0.4) is 0 Å². The van der Waals surface area contributed by atoms with Crippen LogP contribution in [-0.2, 0) is 11.3 Å². The topological polar surface area (TPSA) is 71.8 Å². The van der Waals surface area contributed by atoms with E-state index in [-0.39, 0.29) is 17.2 Å². The average molecular weight is 424 g/mol. The van der Waals surface area contributed by atoms with Gasteiger partial charge in [-0.05, 0) is 49.1 Å². The summed E-state index contributed by atoms with van der Waals surface area (Å²) in [4.78, 5) is 26.6. The molecular formula is C24H25FN2O4. The molecule has 162 valence electrons.